The first-order valence-electron chi connectivity index (χ1n) is 9.30. The number of methoxy groups -OCH3 is 1. The van der Waals surface area contributed by atoms with E-state index in [9.17, 15) is 14.7 Å². The van der Waals surface area contributed by atoms with Crippen molar-refractivity contribution in [3.05, 3.63) is 29.3 Å². The van der Waals surface area contributed by atoms with Crippen LogP contribution in [0.15, 0.2) is 18.2 Å². The second-order valence-corrected chi connectivity index (χ2v) is 7.19. The quantitative estimate of drug-likeness (QED) is 0.752. The van der Waals surface area contributed by atoms with Crippen LogP contribution < -0.4 is 4.74 Å². The highest BCUT2D eigenvalue weighted by Gasteiger charge is 2.59. The van der Waals surface area contributed by atoms with Crippen LogP contribution in [0.2, 0.25) is 0 Å². The van der Waals surface area contributed by atoms with Crippen molar-refractivity contribution in [2.45, 2.75) is 58.2 Å². The van der Waals surface area contributed by atoms with Crippen LogP contribution in [0.3, 0.4) is 0 Å². The van der Waals surface area contributed by atoms with Crippen LogP contribution in [-0.4, -0.2) is 47.7 Å². The number of fused-ring (bicyclic) bond motifs is 2. The fourth-order valence-electron chi connectivity index (χ4n) is 4.80. The van der Waals surface area contributed by atoms with E-state index in [-0.39, 0.29) is 17.6 Å². The summed E-state index contributed by atoms with van der Waals surface area (Å²) in [6.07, 6.45) is 3.66. The van der Waals surface area contributed by atoms with Gasteiger partial charge in [-0.25, -0.2) is 4.79 Å². The molecule has 2 saturated heterocycles. The highest BCUT2D eigenvalue weighted by Crippen LogP contribution is 2.53. The van der Waals surface area contributed by atoms with Gasteiger partial charge in [0.25, 0.3) is 0 Å². The number of nitrogens with zero attached hydrogens (tertiary/aromatic N) is 1. The fourth-order valence-corrected chi connectivity index (χ4v) is 4.80. The molecule has 0 spiro atoms. The standard InChI is InChI=1S/C20H27NO5/c1-4-20(19(24)26-5-2)11-14-7-9-17(20)21(14)12-13-6-8-16(25-3)15(10-13)18(22)23/h6,8,10,14,17H,4-5,7,9,11-12H2,1-3H3,(H,22,23)/t14-,17+,20+/m0/s1. The number of aromatic carboxylic acids is 1. The molecule has 1 aromatic carbocycles. The lowest BCUT2D eigenvalue weighted by Crippen LogP contribution is -2.44. The van der Waals surface area contributed by atoms with Crippen molar-refractivity contribution in [3.8, 4) is 5.75 Å². The molecule has 26 heavy (non-hydrogen) atoms. The number of carbonyl (C=O) groups excluding carboxylic acids is 1. The number of rotatable bonds is 7. The molecule has 3 rings (SSSR count). The van der Waals surface area contributed by atoms with Crippen molar-refractivity contribution in [3.63, 3.8) is 0 Å². The van der Waals surface area contributed by atoms with E-state index in [1.54, 1.807) is 12.1 Å². The molecule has 2 heterocycles. The molecule has 0 radical (unpaired) electrons. The van der Waals surface area contributed by atoms with E-state index in [2.05, 4.69) is 11.8 Å². The van der Waals surface area contributed by atoms with Gasteiger partial charge in [-0.3, -0.25) is 9.69 Å². The molecule has 2 aliphatic rings. The first-order chi connectivity index (χ1) is 12.5. The van der Waals surface area contributed by atoms with Gasteiger partial charge in [-0.05, 0) is 50.3 Å². The molecule has 2 bridgehead atoms. The summed E-state index contributed by atoms with van der Waals surface area (Å²) < 4.78 is 10.5. The molecule has 0 saturated carbocycles. The zero-order chi connectivity index (χ0) is 18.9. The first-order valence-corrected chi connectivity index (χ1v) is 9.30. The summed E-state index contributed by atoms with van der Waals surface area (Å²) in [5, 5.41) is 9.40. The lowest BCUT2D eigenvalue weighted by atomic mass is 9.72. The predicted octanol–water partition coefficient (Wildman–Crippen LogP) is 3.09. The summed E-state index contributed by atoms with van der Waals surface area (Å²) in [5.41, 5.74) is 0.667. The van der Waals surface area contributed by atoms with E-state index >= 15 is 0 Å². The number of carboxylic acids is 1. The number of benzene rings is 1. The number of carboxylic acid groups (broad SMARTS) is 1. The molecule has 0 aliphatic carbocycles. The van der Waals surface area contributed by atoms with Gasteiger partial charge in [0.2, 0.25) is 0 Å². The van der Waals surface area contributed by atoms with E-state index in [1.165, 1.54) is 7.11 Å². The van der Waals surface area contributed by atoms with Crippen molar-refractivity contribution in [1.29, 1.82) is 0 Å². The van der Waals surface area contributed by atoms with E-state index in [1.807, 2.05) is 13.0 Å². The van der Waals surface area contributed by atoms with Gasteiger partial charge in [0, 0.05) is 18.6 Å². The monoisotopic (exact) mass is 361 g/mol. The van der Waals surface area contributed by atoms with Crippen LogP contribution in [0.25, 0.3) is 0 Å². The molecule has 1 N–H and O–H groups in total. The number of hydrogen-bond donors (Lipinski definition) is 1. The zero-order valence-electron chi connectivity index (χ0n) is 15.7. The van der Waals surface area contributed by atoms with Gasteiger partial charge in [0.1, 0.15) is 11.3 Å². The third kappa shape index (κ3) is 2.96. The van der Waals surface area contributed by atoms with Crippen LogP contribution in [-0.2, 0) is 16.1 Å². The second kappa shape index (κ2) is 7.27. The highest BCUT2D eigenvalue weighted by atomic mass is 16.5. The predicted molar refractivity (Wildman–Crippen MR) is 96.3 cm³/mol. The Morgan fingerprint density at radius 1 is 1.31 bits per heavy atom. The lowest BCUT2D eigenvalue weighted by molar-refractivity contribution is -0.157. The number of hydrogen-bond acceptors (Lipinski definition) is 5. The van der Waals surface area contributed by atoms with Gasteiger partial charge >= 0.3 is 11.9 Å². The van der Waals surface area contributed by atoms with Crippen molar-refractivity contribution in [1.82, 2.24) is 4.90 Å². The number of ether oxygens (including phenoxy) is 2. The van der Waals surface area contributed by atoms with Crippen LogP contribution >= 0.6 is 0 Å². The molecule has 0 aromatic heterocycles. The van der Waals surface area contributed by atoms with Crippen LogP contribution in [0.4, 0.5) is 0 Å². The normalized spacial score (nSPS) is 27.5. The third-order valence-corrected chi connectivity index (χ3v) is 6.05. The van der Waals surface area contributed by atoms with E-state index < -0.39 is 11.4 Å². The summed E-state index contributed by atoms with van der Waals surface area (Å²) >= 11 is 0. The number of carbonyl (C=O) groups is 2. The minimum atomic E-state index is -0.998. The first kappa shape index (κ1) is 18.7. The zero-order valence-corrected chi connectivity index (χ0v) is 15.7. The van der Waals surface area contributed by atoms with Crippen LogP contribution in [0.1, 0.15) is 55.5 Å². The maximum atomic E-state index is 12.7. The molecule has 6 heteroatoms. The van der Waals surface area contributed by atoms with Crippen molar-refractivity contribution < 1.29 is 24.2 Å². The minimum absolute atomic E-state index is 0.0827. The van der Waals surface area contributed by atoms with Gasteiger partial charge in [0.05, 0.1) is 19.1 Å². The minimum Gasteiger partial charge on any atom is -0.496 e. The Labute approximate surface area is 154 Å². The maximum Gasteiger partial charge on any atom is 0.339 e. The molecular formula is C20H27NO5. The van der Waals surface area contributed by atoms with E-state index in [0.29, 0.717) is 24.9 Å². The summed E-state index contributed by atoms with van der Waals surface area (Å²) in [4.78, 5) is 26.5. The van der Waals surface area contributed by atoms with Gasteiger partial charge in [-0.1, -0.05) is 13.0 Å². The van der Waals surface area contributed by atoms with Crippen LogP contribution in [0.5, 0.6) is 5.75 Å². The SMILES string of the molecule is CCOC(=O)[C@]1(CC)C[C@@H]2CC[C@H]1N2Cc1ccc(OC)c(C(=O)O)c1. The van der Waals surface area contributed by atoms with E-state index in [4.69, 9.17) is 9.47 Å². The molecule has 6 nitrogen and oxygen atoms in total. The molecule has 142 valence electrons. The summed E-state index contributed by atoms with van der Waals surface area (Å²) in [5.74, 6) is -0.719. The Balaban J connectivity index is 1.84. The fraction of sp³-hybridized carbons (Fsp3) is 0.600. The molecule has 0 unspecified atom stereocenters. The Morgan fingerprint density at radius 2 is 2.08 bits per heavy atom. The average Bonchev–Trinajstić information content (AvgIpc) is 3.16. The topological polar surface area (TPSA) is 76.1 Å². The lowest BCUT2D eigenvalue weighted by Gasteiger charge is -2.34. The van der Waals surface area contributed by atoms with Gasteiger partial charge in [-0.2, -0.15) is 0 Å². The summed E-state index contributed by atoms with van der Waals surface area (Å²) in [6.45, 7) is 4.95. The molecule has 3 atom stereocenters. The molecule has 2 fully saturated rings. The average molecular weight is 361 g/mol. The number of esters is 1. The third-order valence-electron chi connectivity index (χ3n) is 6.05. The summed E-state index contributed by atoms with van der Waals surface area (Å²) in [7, 11) is 1.47. The van der Waals surface area contributed by atoms with Crippen molar-refractivity contribution in [2.24, 2.45) is 5.41 Å². The largest absolute Gasteiger partial charge is 0.496 e. The highest BCUT2D eigenvalue weighted by molar-refractivity contribution is 5.91. The Hall–Kier alpha value is -2.08. The van der Waals surface area contributed by atoms with Gasteiger partial charge in [-0.15, -0.1) is 0 Å². The van der Waals surface area contributed by atoms with E-state index in [0.717, 1.165) is 31.2 Å². The van der Waals surface area contributed by atoms with Gasteiger partial charge < -0.3 is 14.6 Å². The Morgan fingerprint density at radius 3 is 2.69 bits per heavy atom. The second-order valence-electron chi connectivity index (χ2n) is 7.19. The van der Waals surface area contributed by atoms with Gasteiger partial charge in [0.15, 0.2) is 0 Å². The molecule has 0 amide bonds. The van der Waals surface area contributed by atoms with Crippen molar-refractivity contribution >= 4 is 11.9 Å². The molecule has 2 aliphatic heterocycles. The Bertz CT molecular complexity index is 703. The molecular weight excluding hydrogens is 334 g/mol. The molecule has 1 aromatic rings. The van der Waals surface area contributed by atoms with Crippen molar-refractivity contribution in [2.75, 3.05) is 13.7 Å². The smallest absolute Gasteiger partial charge is 0.339 e. The maximum absolute atomic E-state index is 12.7. The Kier molecular flexibility index (Phi) is 5.23. The van der Waals surface area contributed by atoms with Crippen LogP contribution in [0, 0.1) is 5.41 Å². The summed E-state index contributed by atoms with van der Waals surface area (Å²) in [6, 6.07) is 5.79.